The van der Waals surface area contributed by atoms with Crippen LogP contribution in [0.25, 0.3) is 0 Å². The lowest BCUT2D eigenvalue weighted by Gasteiger charge is -2.14. The maximum atomic E-state index is 13.5. The second kappa shape index (κ2) is 10.2. The van der Waals surface area contributed by atoms with E-state index in [0.717, 1.165) is 11.6 Å². The fourth-order valence-corrected chi connectivity index (χ4v) is 3.65. The SMILES string of the molecule is COc1ccc(NC(=O)c2ccc(CN3C(=O)CCC3=O)cc2)cc1NC(=O)c1cccc(F)c1. The molecule has 0 spiro atoms. The van der Waals surface area contributed by atoms with Crippen LogP contribution in [0.5, 0.6) is 5.75 Å². The van der Waals surface area contributed by atoms with Gasteiger partial charge >= 0.3 is 0 Å². The lowest BCUT2D eigenvalue weighted by atomic mass is 10.1. The number of methoxy groups -OCH3 is 1. The summed E-state index contributed by atoms with van der Waals surface area (Å²) in [6.45, 7) is 0.173. The van der Waals surface area contributed by atoms with Gasteiger partial charge in [-0.3, -0.25) is 24.1 Å². The number of carbonyl (C=O) groups is 4. The first-order valence-electron chi connectivity index (χ1n) is 10.8. The van der Waals surface area contributed by atoms with Gasteiger partial charge in [-0.1, -0.05) is 18.2 Å². The van der Waals surface area contributed by atoms with Crippen LogP contribution in [0.3, 0.4) is 0 Å². The van der Waals surface area contributed by atoms with Gasteiger partial charge < -0.3 is 15.4 Å². The molecule has 3 aromatic carbocycles. The van der Waals surface area contributed by atoms with Crippen LogP contribution in [0.15, 0.2) is 66.7 Å². The van der Waals surface area contributed by atoms with Gasteiger partial charge in [-0.25, -0.2) is 4.39 Å². The van der Waals surface area contributed by atoms with Crippen molar-refractivity contribution in [2.75, 3.05) is 17.7 Å². The number of anilines is 2. The summed E-state index contributed by atoms with van der Waals surface area (Å²) in [6, 6.07) is 16.6. The Bertz CT molecular complexity index is 1290. The summed E-state index contributed by atoms with van der Waals surface area (Å²) in [6.07, 6.45) is 0.456. The highest BCUT2D eigenvalue weighted by Gasteiger charge is 2.28. The van der Waals surface area contributed by atoms with Crippen molar-refractivity contribution in [3.05, 3.63) is 89.2 Å². The van der Waals surface area contributed by atoms with E-state index in [1.165, 1.54) is 36.3 Å². The van der Waals surface area contributed by atoms with Gasteiger partial charge in [-0.15, -0.1) is 0 Å². The molecule has 0 unspecified atom stereocenters. The van der Waals surface area contributed by atoms with Crippen molar-refractivity contribution < 1.29 is 28.3 Å². The molecule has 1 fully saturated rings. The average Bonchev–Trinajstić information content (AvgIpc) is 3.16. The summed E-state index contributed by atoms with van der Waals surface area (Å²) < 4.78 is 18.7. The fourth-order valence-electron chi connectivity index (χ4n) is 3.65. The monoisotopic (exact) mass is 475 g/mol. The average molecular weight is 475 g/mol. The minimum atomic E-state index is -0.532. The van der Waals surface area contributed by atoms with Crippen LogP contribution in [0.4, 0.5) is 15.8 Å². The van der Waals surface area contributed by atoms with Gasteiger partial charge in [0.2, 0.25) is 11.8 Å². The Morgan fingerprint density at radius 3 is 2.23 bits per heavy atom. The van der Waals surface area contributed by atoms with E-state index in [1.807, 2.05) is 0 Å². The predicted octanol–water partition coefficient (Wildman–Crippen LogP) is 3.99. The van der Waals surface area contributed by atoms with Gasteiger partial charge in [0.05, 0.1) is 19.3 Å². The van der Waals surface area contributed by atoms with Crippen LogP contribution in [-0.2, 0) is 16.1 Å². The number of likely N-dealkylation sites (tertiary alicyclic amines) is 1. The van der Waals surface area contributed by atoms with Crippen molar-refractivity contribution in [3.8, 4) is 5.75 Å². The maximum absolute atomic E-state index is 13.5. The first-order chi connectivity index (χ1) is 16.8. The van der Waals surface area contributed by atoms with Crippen LogP contribution in [0.1, 0.15) is 39.1 Å². The summed E-state index contributed by atoms with van der Waals surface area (Å²) >= 11 is 0. The molecule has 4 amide bonds. The largest absolute Gasteiger partial charge is 0.495 e. The molecule has 0 bridgehead atoms. The number of nitrogens with zero attached hydrogens (tertiary/aromatic N) is 1. The first kappa shape index (κ1) is 23.6. The third-order valence-corrected chi connectivity index (χ3v) is 5.50. The Hall–Kier alpha value is -4.53. The van der Waals surface area contributed by atoms with E-state index >= 15 is 0 Å². The molecule has 3 aromatic rings. The molecule has 0 aliphatic carbocycles. The van der Waals surface area contributed by atoms with E-state index in [2.05, 4.69) is 10.6 Å². The van der Waals surface area contributed by atoms with Crippen molar-refractivity contribution >= 4 is 35.0 Å². The molecule has 4 rings (SSSR count). The standard InChI is InChI=1S/C26H22FN3O5/c1-35-22-10-9-20(14-21(22)29-26(34)18-3-2-4-19(27)13-18)28-25(33)17-7-5-16(6-8-17)15-30-23(31)11-12-24(30)32/h2-10,13-14H,11-12,15H2,1H3,(H,28,33)(H,29,34). The Morgan fingerprint density at radius 1 is 0.886 bits per heavy atom. The molecule has 0 radical (unpaired) electrons. The highest BCUT2D eigenvalue weighted by Crippen LogP contribution is 2.29. The number of hydrogen-bond acceptors (Lipinski definition) is 5. The minimum Gasteiger partial charge on any atom is -0.495 e. The molecule has 0 atom stereocenters. The van der Waals surface area contributed by atoms with Crippen molar-refractivity contribution in [1.29, 1.82) is 0 Å². The molecule has 35 heavy (non-hydrogen) atoms. The van der Waals surface area contributed by atoms with Crippen LogP contribution >= 0.6 is 0 Å². The van der Waals surface area contributed by atoms with E-state index in [9.17, 15) is 23.6 Å². The third kappa shape index (κ3) is 5.52. The lowest BCUT2D eigenvalue weighted by molar-refractivity contribution is -0.139. The van der Waals surface area contributed by atoms with Gasteiger partial charge in [0.25, 0.3) is 11.8 Å². The van der Waals surface area contributed by atoms with Gasteiger partial charge in [-0.2, -0.15) is 0 Å². The summed E-state index contributed by atoms with van der Waals surface area (Å²) in [7, 11) is 1.44. The van der Waals surface area contributed by atoms with E-state index in [1.54, 1.807) is 36.4 Å². The number of nitrogens with one attached hydrogen (secondary N) is 2. The highest BCUT2D eigenvalue weighted by molar-refractivity contribution is 6.07. The van der Waals surface area contributed by atoms with E-state index < -0.39 is 17.6 Å². The zero-order valence-corrected chi connectivity index (χ0v) is 18.8. The smallest absolute Gasteiger partial charge is 0.255 e. The van der Waals surface area contributed by atoms with E-state index in [0.29, 0.717) is 22.7 Å². The second-order valence-electron chi connectivity index (χ2n) is 7.90. The predicted molar refractivity (Wildman–Crippen MR) is 127 cm³/mol. The molecule has 1 aliphatic heterocycles. The molecule has 0 saturated carbocycles. The third-order valence-electron chi connectivity index (χ3n) is 5.50. The Labute approximate surface area is 200 Å². The summed E-state index contributed by atoms with van der Waals surface area (Å²) in [4.78, 5) is 50.0. The summed E-state index contributed by atoms with van der Waals surface area (Å²) in [5.74, 6) is -1.49. The topological polar surface area (TPSA) is 105 Å². The molecule has 1 saturated heterocycles. The normalized spacial score (nSPS) is 13.0. The molecule has 178 valence electrons. The van der Waals surface area contributed by atoms with Crippen LogP contribution in [-0.4, -0.2) is 35.6 Å². The summed E-state index contributed by atoms with van der Waals surface area (Å²) in [5.41, 5.74) is 1.95. The molecule has 1 aliphatic rings. The first-order valence-corrected chi connectivity index (χ1v) is 10.8. The van der Waals surface area contributed by atoms with E-state index in [4.69, 9.17) is 4.74 Å². The van der Waals surface area contributed by atoms with Crippen molar-refractivity contribution in [1.82, 2.24) is 4.90 Å². The van der Waals surface area contributed by atoms with Gasteiger partial charge in [-0.05, 0) is 54.1 Å². The second-order valence-corrected chi connectivity index (χ2v) is 7.90. The van der Waals surface area contributed by atoms with Crippen molar-refractivity contribution in [2.24, 2.45) is 0 Å². The number of benzene rings is 3. The number of hydrogen-bond donors (Lipinski definition) is 2. The lowest BCUT2D eigenvalue weighted by Crippen LogP contribution is -2.28. The minimum absolute atomic E-state index is 0.138. The van der Waals surface area contributed by atoms with E-state index in [-0.39, 0.29) is 36.8 Å². The maximum Gasteiger partial charge on any atom is 0.255 e. The van der Waals surface area contributed by atoms with Crippen molar-refractivity contribution in [2.45, 2.75) is 19.4 Å². The number of carbonyl (C=O) groups excluding carboxylic acids is 4. The van der Waals surface area contributed by atoms with Crippen molar-refractivity contribution in [3.63, 3.8) is 0 Å². The zero-order chi connectivity index (χ0) is 24.9. The quantitative estimate of drug-likeness (QED) is 0.503. The Balaban J connectivity index is 1.45. The fraction of sp³-hybridized carbons (Fsp3) is 0.154. The van der Waals surface area contributed by atoms with Gasteiger partial charge in [0.1, 0.15) is 11.6 Å². The molecular weight excluding hydrogens is 453 g/mol. The summed E-state index contributed by atoms with van der Waals surface area (Å²) in [5, 5.41) is 5.42. The number of halogens is 1. The molecule has 8 nitrogen and oxygen atoms in total. The van der Waals surface area contributed by atoms with Crippen LogP contribution in [0, 0.1) is 5.82 Å². The zero-order valence-electron chi connectivity index (χ0n) is 18.8. The number of amides is 4. The van der Waals surface area contributed by atoms with Gasteiger partial charge in [0.15, 0.2) is 0 Å². The highest BCUT2D eigenvalue weighted by atomic mass is 19.1. The molecular formula is C26H22FN3O5. The molecule has 9 heteroatoms. The Morgan fingerprint density at radius 2 is 1.57 bits per heavy atom. The van der Waals surface area contributed by atoms with Gasteiger partial charge in [0, 0.05) is 29.7 Å². The molecule has 0 aromatic heterocycles. The Kier molecular flexibility index (Phi) is 6.86. The number of imide groups is 1. The van der Waals surface area contributed by atoms with Crippen LogP contribution < -0.4 is 15.4 Å². The molecule has 2 N–H and O–H groups in total. The number of ether oxygens (including phenoxy) is 1. The van der Waals surface area contributed by atoms with Crippen LogP contribution in [0.2, 0.25) is 0 Å². The molecule has 1 heterocycles. The number of rotatable bonds is 7.